The van der Waals surface area contributed by atoms with Gasteiger partial charge >= 0.3 is 6.03 Å². The minimum Gasteiger partial charge on any atom is -0.379 e. The summed E-state index contributed by atoms with van der Waals surface area (Å²) in [4.78, 5) is 16.2. The Bertz CT molecular complexity index is 233. The standard InChI is InChI=1S/C11H21N3O2/c1-2-13-4-6-14(7-5-13)11(15)12-10-3-8-16-9-10/h10H,2-9H2,1H3,(H,12,15). The van der Waals surface area contributed by atoms with Crippen LogP contribution in [0.2, 0.25) is 0 Å². The summed E-state index contributed by atoms with van der Waals surface area (Å²) in [5, 5.41) is 3.02. The van der Waals surface area contributed by atoms with E-state index in [0.717, 1.165) is 45.8 Å². The molecule has 0 saturated carbocycles. The summed E-state index contributed by atoms with van der Waals surface area (Å²) >= 11 is 0. The molecule has 0 spiro atoms. The maximum absolute atomic E-state index is 11.9. The van der Waals surface area contributed by atoms with Crippen molar-refractivity contribution in [2.75, 3.05) is 45.9 Å². The fourth-order valence-electron chi connectivity index (χ4n) is 2.18. The monoisotopic (exact) mass is 227 g/mol. The topological polar surface area (TPSA) is 44.8 Å². The number of carbonyl (C=O) groups is 1. The molecule has 5 heteroatoms. The van der Waals surface area contributed by atoms with Crippen molar-refractivity contribution in [3.8, 4) is 0 Å². The number of hydrogen-bond acceptors (Lipinski definition) is 3. The second kappa shape index (κ2) is 5.50. The highest BCUT2D eigenvalue weighted by atomic mass is 16.5. The molecule has 0 bridgehead atoms. The van der Waals surface area contributed by atoms with E-state index < -0.39 is 0 Å². The Balaban J connectivity index is 1.73. The van der Waals surface area contributed by atoms with Gasteiger partial charge in [-0.2, -0.15) is 0 Å². The van der Waals surface area contributed by atoms with Crippen molar-refractivity contribution in [1.82, 2.24) is 15.1 Å². The van der Waals surface area contributed by atoms with E-state index in [1.54, 1.807) is 0 Å². The van der Waals surface area contributed by atoms with Gasteiger partial charge in [-0.25, -0.2) is 4.79 Å². The summed E-state index contributed by atoms with van der Waals surface area (Å²) in [6.07, 6.45) is 0.945. The van der Waals surface area contributed by atoms with E-state index in [1.807, 2.05) is 4.90 Å². The zero-order chi connectivity index (χ0) is 11.4. The van der Waals surface area contributed by atoms with Crippen LogP contribution in [-0.2, 0) is 4.74 Å². The van der Waals surface area contributed by atoms with Crippen molar-refractivity contribution in [1.29, 1.82) is 0 Å². The molecule has 92 valence electrons. The van der Waals surface area contributed by atoms with Crippen molar-refractivity contribution in [3.63, 3.8) is 0 Å². The van der Waals surface area contributed by atoms with E-state index in [0.29, 0.717) is 6.61 Å². The average Bonchev–Trinajstić information content (AvgIpc) is 2.82. The molecule has 2 amide bonds. The molecular weight excluding hydrogens is 206 g/mol. The van der Waals surface area contributed by atoms with Gasteiger partial charge in [0.15, 0.2) is 0 Å². The highest BCUT2D eigenvalue weighted by Crippen LogP contribution is 2.06. The molecule has 0 aromatic heterocycles. The van der Waals surface area contributed by atoms with E-state index in [-0.39, 0.29) is 12.1 Å². The van der Waals surface area contributed by atoms with Crippen LogP contribution in [0.1, 0.15) is 13.3 Å². The minimum absolute atomic E-state index is 0.0752. The van der Waals surface area contributed by atoms with Gasteiger partial charge in [-0.05, 0) is 13.0 Å². The number of piperazine rings is 1. The zero-order valence-electron chi connectivity index (χ0n) is 9.95. The van der Waals surface area contributed by atoms with E-state index in [1.165, 1.54) is 0 Å². The fourth-order valence-corrected chi connectivity index (χ4v) is 2.18. The van der Waals surface area contributed by atoms with Crippen LogP contribution in [0, 0.1) is 0 Å². The second-order valence-corrected chi connectivity index (χ2v) is 4.43. The van der Waals surface area contributed by atoms with Crippen LogP contribution in [0.4, 0.5) is 4.79 Å². The largest absolute Gasteiger partial charge is 0.379 e. The lowest BCUT2D eigenvalue weighted by Crippen LogP contribution is -2.53. The Morgan fingerprint density at radius 1 is 1.38 bits per heavy atom. The normalized spacial score (nSPS) is 27.1. The van der Waals surface area contributed by atoms with Crippen LogP contribution in [0.25, 0.3) is 0 Å². The number of nitrogens with one attached hydrogen (secondary N) is 1. The number of hydrogen-bond donors (Lipinski definition) is 1. The molecular formula is C11H21N3O2. The van der Waals surface area contributed by atoms with E-state index >= 15 is 0 Å². The summed E-state index contributed by atoms with van der Waals surface area (Å²) in [6.45, 7) is 8.34. The van der Waals surface area contributed by atoms with Crippen molar-refractivity contribution < 1.29 is 9.53 Å². The summed E-state index contributed by atoms with van der Waals surface area (Å²) in [7, 11) is 0. The van der Waals surface area contributed by atoms with Gasteiger partial charge in [0.05, 0.1) is 12.6 Å². The van der Waals surface area contributed by atoms with Crippen molar-refractivity contribution >= 4 is 6.03 Å². The number of amides is 2. The van der Waals surface area contributed by atoms with Gasteiger partial charge in [-0.3, -0.25) is 0 Å². The zero-order valence-corrected chi connectivity index (χ0v) is 9.95. The molecule has 1 N–H and O–H groups in total. The number of rotatable bonds is 2. The van der Waals surface area contributed by atoms with Gasteiger partial charge in [0.2, 0.25) is 0 Å². The molecule has 16 heavy (non-hydrogen) atoms. The first-order valence-electron chi connectivity index (χ1n) is 6.15. The van der Waals surface area contributed by atoms with Crippen molar-refractivity contribution in [2.45, 2.75) is 19.4 Å². The smallest absolute Gasteiger partial charge is 0.317 e. The van der Waals surface area contributed by atoms with Crippen LogP contribution in [0.5, 0.6) is 0 Å². The first-order valence-corrected chi connectivity index (χ1v) is 6.15. The number of carbonyl (C=O) groups excluding carboxylic acids is 1. The summed E-state index contributed by atoms with van der Waals surface area (Å²) < 4.78 is 5.24. The third-order valence-electron chi connectivity index (χ3n) is 3.36. The predicted molar refractivity (Wildman–Crippen MR) is 61.4 cm³/mol. The molecule has 2 heterocycles. The van der Waals surface area contributed by atoms with Gasteiger partial charge in [0.25, 0.3) is 0 Å². The lowest BCUT2D eigenvalue weighted by molar-refractivity contribution is 0.138. The molecule has 0 radical (unpaired) electrons. The third kappa shape index (κ3) is 2.86. The molecule has 2 saturated heterocycles. The minimum atomic E-state index is 0.0752. The average molecular weight is 227 g/mol. The molecule has 2 aliphatic rings. The van der Waals surface area contributed by atoms with E-state index in [9.17, 15) is 4.79 Å². The molecule has 5 nitrogen and oxygen atoms in total. The third-order valence-corrected chi connectivity index (χ3v) is 3.36. The fraction of sp³-hybridized carbons (Fsp3) is 0.909. The molecule has 1 unspecified atom stereocenters. The Morgan fingerprint density at radius 2 is 2.12 bits per heavy atom. The van der Waals surface area contributed by atoms with Gasteiger partial charge in [0.1, 0.15) is 0 Å². The highest BCUT2D eigenvalue weighted by Gasteiger charge is 2.23. The van der Waals surface area contributed by atoms with Gasteiger partial charge in [-0.1, -0.05) is 6.92 Å². The Kier molecular flexibility index (Phi) is 4.01. The second-order valence-electron chi connectivity index (χ2n) is 4.43. The van der Waals surface area contributed by atoms with Crippen molar-refractivity contribution in [3.05, 3.63) is 0 Å². The lowest BCUT2D eigenvalue weighted by Gasteiger charge is -2.34. The number of ether oxygens (including phenoxy) is 1. The first kappa shape index (κ1) is 11.7. The predicted octanol–water partition coefficient (Wildman–Crippen LogP) is 0.122. The van der Waals surface area contributed by atoms with E-state index in [4.69, 9.17) is 4.74 Å². The van der Waals surface area contributed by atoms with Crippen LogP contribution in [0.3, 0.4) is 0 Å². The van der Waals surface area contributed by atoms with Crippen LogP contribution in [0.15, 0.2) is 0 Å². The molecule has 2 aliphatic heterocycles. The molecule has 0 aromatic carbocycles. The SMILES string of the molecule is CCN1CCN(C(=O)NC2CCOC2)CC1. The van der Waals surface area contributed by atoms with Gasteiger partial charge in [0, 0.05) is 32.8 Å². The Hall–Kier alpha value is -0.810. The first-order chi connectivity index (χ1) is 7.79. The van der Waals surface area contributed by atoms with E-state index in [2.05, 4.69) is 17.1 Å². The Labute approximate surface area is 96.7 Å². The maximum atomic E-state index is 11.9. The quantitative estimate of drug-likeness (QED) is 0.729. The number of likely N-dealkylation sites (N-methyl/N-ethyl adjacent to an activating group) is 1. The summed E-state index contributed by atoms with van der Waals surface area (Å²) in [6, 6.07) is 0.294. The summed E-state index contributed by atoms with van der Waals surface area (Å²) in [5.74, 6) is 0. The lowest BCUT2D eigenvalue weighted by atomic mass is 10.2. The highest BCUT2D eigenvalue weighted by molar-refractivity contribution is 5.74. The van der Waals surface area contributed by atoms with Crippen LogP contribution in [-0.4, -0.2) is 67.8 Å². The van der Waals surface area contributed by atoms with Gasteiger partial charge < -0.3 is 19.9 Å². The molecule has 2 rings (SSSR count). The van der Waals surface area contributed by atoms with Crippen molar-refractivity contribution in [2.24, 2.45) is 0 Å². The van der Waals surface area contributed by atoms with Crippen LogP contribution >= 0.6 is 0 Å². The van der Waals surface area contributed by atoms with Crippen LogP contribution < -0.4 is 5.32 Å². The Morgan fingerprint density at radius 3 is 2.69 bits per heavy atom. The molecule has 1 atom stereocenters. The molecule has 0 aliphatic carbocycles. The molecule has 0 aromatic rings. The van der Waals surface area contributed by atoms with Gasteiger partial charge in [-0.15, -0.1) is 0 Å². The molecule has 2 fully saturated rings. The number of nitrogens with zero attached hydrogens (tertiary/aromatic N) is 2. The summed E-state index contributed by atoms with van der Waals surface area (Å²) in [5.41, 5.74) is 0. The number of urea groups is 1. The maximum Gasteiger partial charge on any atom is 0.317 e.